The van der Waals surface area contributed by atoms with E-state index in [9.17, 15) is 0 Å². The fraction of sp³-hybridized carbons (Fsp3) is 0.923. The van der Waals surface area contributed by atoms with Crippen molar-refractivity contribution in [3.8, 4) is 0 Å². The van der Waals surface area contributed by atoms with Crippen molar-refractivity contribution in [2.45, 2.75) is 52.0 Å². The molecule has 0 aromatic heterocycles. The fourth-order valence-corrected chi connectivity index (χ4v) is 3.41. The van der Waals surface area contributed by atoms with Crippen LogP contribution in [0.3, 0.4) is 0 Å². The first-order valence-electron chi connectivity index (χ1n) is 6.73. The molecule has 1 N–H and O–H groups in total. The molecule has 1 saturated carbocycles. The van der Waals surface area contributed by atoms with E-state index in [-0.39, 0.29) is 0 Å². The Kier molecular flexibility index (Phi) is 4.06. The zero-order valence-corrected chi connectivity index (χ0v) is 11.4. The van der Waals surface area contributed by atoms with Crippen LogP contribution >= 0.6 is 12.2 Å². The van der Waals surface area contributed by atoms with E-state index in [1.807, 2.05) is 0 Å². The summed E-state index contributed by atoms with van der Waals surface area (Å²) in [6, 6.07) is 0.751. The van der Waals surface area contributed by atoms with E-state index in [1.54, 1.807) is 0 Å². The molecule has 2 atom stereocenters. The Morgan fingerprint density at radius 3 is 2.81 bits per heavy atom. The van der Waals surface area contributed by atoms with Gasteiger partial charge in [-0.15, -0.1) is 0 Å². The molecule has 92 valence electrons. The Morgan fingerprint density at radius 2 is 2.06 bits per heavy atom. The molecule has 2 aliphatic rings. The molecule has 1 aliphatic heterocycles. The monoisotopic (exact) mass is 240 g/mol. The molecule has 0 radical (unpaired) electrons. The summed E-state index contributed by atoms with van der Waals surface area (Å²) in [4.78, 5) is 2.47. The predicted octanol–water partition coefficient (Wildman–Crippen LogP) is 2.78. The van der Waals surface area contributed by atoms with E-state index < -0.39 is 0 Å². The van der Waals surface area contributed by atoms with Gasteiger partial charge in [0.2, 0.25) is 0 Å². The second-order valence-corrected chi connectivity index (χ2v) is 6.06. The van der Waals surface area contributed by atoms with Crippen molar-refractivity contribution in [3.63, 3.8) is 0 Å². The Labute approximate surface area is 105 Å². The van der Waals surface area contributed by atoms with Crippen LogP contribution in [0.15, 0.2) is 0 Å². The van der Waals surface area contributed by atoms with Crippen molar-refractivity contribution in [3.05, 3.63) is 0 Å². The van der Waals surface area contributed by atoms with Crippen LogP contribution in [-0.2, 0) is 0 Å². The molecule has 3 heteroatoms. The Hall–Kier alpha value is -0.310. The average molecular weight is 240 g/mol. The van der Waals surface area contributed by atoms with E-state index in [0.29, 0.717) is 5.92 Å². The maximum absolute atomic E-state index is 5.53. The quantitative estimate of drug-likeness (QED) is 0.747. The van der Waals surface area contributed by atoms with Gasteiger partial charge in [-0.3, -0.25) is 0 Å². The van der Waals surface area contributed by atoms with Crippen LogP contribution in [0.25, 0.3) is 0 Å². The molecule has 0 aromatic carbocycles. The molecule has 0 spiro atoms. The molecule has 0 bridgehead atoms. The zero-order chi connectivity index (χ0) is 11.5. The maximum atomic E-state index is 5.53. The van der Waals surface area contributed by atoms with E-state index in [0.717, 1.165) is 23.6 Å². The highest BCUT2D eigenvalue weighted by Gasteiger charge is 2.35. The van der Waals surface area contributed by atoms with Gasteiger partial charge in [-0.2, -0.15) is 0 Å². The van der Waals surface area contributed by atoms with Crippen LogP contribution in [-0.4, -0.2) is 29.1 Å². The summed E-state index contributed by atoms with van der Waals surface area (Å²) in [6.45, 7) is 6.63. The summed E-state index contributed by atoms with van der Waals surface area (Å²) in [5.41, 5.74) is 0. The molecule has 1 saturated heterocycles. The molecule has 2 rings (SSSR count). The van der Waals surface area contributed by atoms with Crippen molar-refractivity contribution < 1.29 is 0 Å². The third-order valence-corrected chi connectivity index (χ3v) is 4.29. The lowest BCUT2D eigenvalue weighted by atomic mass is 9.92. The second-order valence-electron chi connectivity index (χ2n) is 5.67. The maximum Gasteiger partial charge on any atom is 0.169 e. The second kappa shape index (κ2) is 5.35. The minimum absolute atomic E-state index is 0.669. The molecule has 0 amide bonds. The fourth-order valence-electron chi connectivity index (χ4n) is 3.10. The smallest absolute Gasteiger partial charge is 0.169 e. The molecular weight excluding hydrogens is 216 g/mol. The number of piperidine rings is 1. The molecule has 1 aliphatic carbocycles. The molecule has 2 nitrogen and oxygen atoms in total. The number of nitrogens with one attached hydrogen (secondary N) is 1. The Bertz CT molecular complexity index is 252. The summed E-state index contributed by atoms with van der Waals surface area (Å²) < 4.78 is 0. The van der Waals surface area contributed by atoms with E-state index in [2.05, 4.69) is 24.1 Å². The van der Waals surface area contributed by atoms with Crippen LogP contribution in [0.1, 0.15) is 46.0 Å². The number of thiocarbonyl (C=S) groups is 1. The van der Waals surface area contributed by atoms with Gasteiger partial charge in [0.05, 0.1) is 0 Å². The van der Waals surface area contributed by atoms with Crippen molar-refractivity contribution in [1.82, 2.24) is 10.2 Å². The summed E-state index contributed by atoms with van der Waals surface area (Å²) in [5.74, 6) is 1.59. The largest absolute Gasteiger partial charge is 0.362 e. The number of likely N-dealkylation sites (tertiary alicyclic amines) is 1. The number of nitrogens with zero attached hydrogens (tertiary/aromatic N) is 1. The molecule has 2 fully saturated rings. The lowest BCUT2D eigenvalue weighted by Gasteiger charge is -2.39. The predicted molar refractivity (Wildman–Crippen MR) is 72.5 cm³/mol. The summed E-state index contributed by atoms with van der Waals surface area (Å²) in [5, 5.41) is 4.43. The highest BCUT2D eigenvalue weighted by Crippen LogP contribution is 2.36. The van der Waals surface area contributed by atoms with Gasteiger partial charge in [0.1, 0.15) is 0 Å². The van der Waals surface area contributed by atoms with Gasteiger partial charge in [-0.05, 0) is 49.7 Å². The average Bonchev–Trinajstić information content (AvgIpc) is 2.73. The van der Waals surface area contributed by atoms with Gasteiger partial charge in [-0.25, -0.2) is 0 Å². The highest BCUT2D eigenvalue weighted by atomic mass is 32.1. The Balaban J connectivity index is 1.89. The SMILES string of the molecule is CC(C)CNC(=S)N1CCCC2CCCC21. The van der Waals surface area contributed by atoms with E-state index in [1.165, 1.54) is 38.6 Å². The molecule has 1 heterocycles. The normalized spacial score (nSPS) is 29.3. The van der Waals surface area contributed by atoms with Crippen molar-refractivity contribution >= 4 is 17.3 Å². The van der Waals surface area contributed by atoms with Crippen molar-refractivity contribution in [2.75, 3.05) is 13.1 Å². The first kappa shape index (κ1) is 12.2. The lowest BCUT2D eigenvalue weighted by molar-refractivity contribution is 0.189. The Morgan fingerprint density at radius 1 is 1.31 bits per heavy atom. The minimum atomic E-state index is 0.669. The van der Waals surface area contributed by atoms with Crippen molar-refractivity contribution in [1.29, 1.82) is 0 Å². The third kappa shape index (κ3) is 2.68. The van der Waals surface area contributed by atoms with Crippen LogP contribution < -0.4 is 5.32 Å². The van der Waals surface area contributed by atoms with Crippen molar-refractivity contribution in [2.24, 2.45) is 11.8 Å². The number of rotatable bonds is 2. The minimum Gasteiger partial charge on any atom is -0.362 e. The number of hydrogen-bond acceptors (Lipinski definition) is 1. The summed E-state index contributed by atoms with van der Waals surface area (Å²) in [6.07, 6.45) is 6.93. The lowest BCUT2D eigenvalue weighted by Crippen LogP contribution is -2.50. The van der Waals surface area contributed by atoms with Gasteiger partial charge in [-0.1, -0.05) is 20.3 Å². The van der Waals surface area contributed by atoms with Gasteiger partial charge in [0.25, 0.3) is 0 Å². The molecule has 16 heavy (non-hydrogen) atoms. The summed E-state index contributed by atoms with van der Waals surface area (Å²) in [7, 11) is 0. The standard InChI is InChI=1S/C13H24N2S/c1-10(2)9-14-13(16)15-8-4-6-11-5-3-7-12(11)15/h10-12H,3-9H2,1-2H3,(H,14,16). The third-order valence-electron chi connectivity index (χ3n) is 3.92. The van der Waals surface area contributed by atoms with Gasteiger partial charge in [0.15, 0.2) is 5.11 Å². The van der Waals surface area contributed by atoms with Gasteiger partial charge < -0.3 is 10.2 Å². The molecule has 0 aromatic rings. The molecular formula is C13H24N2S. The molecule has 2 unspecified atom stereocenters. The van der Waals surface area contributed by atoms with Crippen LogP contribution in [0.2, 0.25) is 0 Å². The van der Waals surface area contributed by atoms with E-state index in [4.69, 9.17) is 12.2 Å². The number of hydrogen-bond donors (Lipinski definition) is 1. The van der Waals surface area contributed by atoms with Crippen LogP contribution in [0.4, 0.5) is 0 Å². The first-order valence-corrected chi connectivity index (χ1v) is 7.13. The van der Waals surface area contributed by atoms with Crippen LogP contribution in [0.5, 0.6) is 0 Å². The van der Waals surface area contributed by atoms with Crippen LogP contribution in [0, 0.1) is 11.8 Å². The van der Waals surface area contributed by atoms with Gasteiger partial charge >= 0.3 is 0 Å². The zero-order valence-electron chi connectivity index (χ0n) is 10.5. The van der Waals surface area contributed by atoms with Gasteiger partial charge in [0, 0.05) is 19.1 Å². The number of fused-ring (bicyclic) bond motifs is 1. The first-order chi connectivity index (χ1) is 7.68. The van der Waals surface area contributed by atoms with E-state index >= 15 is 0 Å². The topological polar surface area (TPSA) is 15.3 Å². The highest BCUT2D eigenvalue weighted by molar-refractivity contribution is 7.80. The summed E-state index contributed by atoms with van der Waals surface area (Å²) >= 11 is 5.53.